The van der Waals surface area contributed by atoms with Gasteiger partial charge in [0, 0.05) is 0 Å². The molecule has 0 aromatic heterocycles. The van der Waals surface area contributed by atoms with Gasteiger partial charge in [-0.15, -0.1) is 0 Å². The molecule has 0 unspecified atom stereocenters. The maximum atomic E-state index is 3.65. The van der Waals surface area contributed by atoms with E-state index in [2.05, 4.69) is 38.1 Å². The number of hydrogen-bond acceptors (Lipinski definition) is 0. The summed E-state index contributed by atoms with van der Waals surface area (Å²) in [5.41, 5.74) is 0. The van der Waals surface area contributed by atoms with Crippen LogP contribution in [0, 0.1) is 0 Å². The minimum atomic E-state index is -1.82. The molecule has 0 radical (unpaired) electrons. The molecule has 0 aromatic rings. The Kier molecular flexibility index (Phi) is 2.59. The van der Waals surface area contributed by atoms with Crippen LogP contribution in [0.3, 0.4) is 0 Å². The molecule has 0 aromatic carbocycles. The van der Waals surface area contributed by atoms with Gasteiger partial charge < -0.3 is 0 Å². The molecular weight excluding hydrogens is 394 g/mol. The van der Waals surface area contributed by atoms with Gasteiger partial charge in [-0.2, -0.15) is 0 Å². The van der Waals surface area contributed by atoms with E-state index in [4.69, 9.17) is 0 Å². The molecule has 42 valence electrons. The molecule has 1 aliphatic rings. The Labute approximate surface area is 65.6 Å². The predicted molar refractivity (Wildman–Crippen MR) is 45.5 cm³/mol. The molecule has 0 nitrogen and oxygen atoms in total. The Hall–Kier alpha value is 2.24. The van der Waals surface area contributed by atoms with Gasteiger partial charge in [0.05, 0.1) is 0 Å². The molecule has 1 rings (SSSR count). The Morgan fingerprint density at radius 2 is 1.57 bits per heavy atom. The Balaban J connectivity index is 2.36. The van der Waals surface area contributed by atoms with Crippen molar-refractivity contribution in [1.82, 2.24) is 0 Å². The van der Waals surface area contributed by atoms with Crippen LogP contribution in [0.5, 0.6) is 0 Å². The number of rotatable bonds is 1. The summed E-state index contributed by atoms with van der Waals surface area (Å²) in [5, 5.41) is 0. The van der Waals surface area contributed by atoms with Crippen molar-refractivity contribution in [3.63, 3.8) is 0 Å². The first-order valence-electron chi connectivity index (χ1n) is 2.17. The van der Waals surface area contributed by atoms with Crippen molar-refractivity contribution in [2.45, 2.75) is 16.8 Å². The van der Waals surface area contributed by atoms with Crippen LogP contribution in [-0.2, 0) is 0 Å². The first kappa shape index (κ1) is 7.35. The number of hydrogen-bond donors (Lipinski definition) is 0. The average Bonchev–Trinajstić information content (AvgIpc) is 1.99. The van der Waals surface area contributed by atoms with E-state index in [-0.39, 0.29) is 0 Å². The van der Waals surface area contributed by atoms with Gasteiger partial charge >= 0.3 is 66.6 Å². The van der Waals surface area contributed by atoms with Crippen molar-refractivity contribution in [3.05, 3.63) is 0 Å². The first-order chi connectivity index (χ1) is 3.11. The predicted octanol–water partition coefficient (Wildman–Crippen LogP) is 3.27. The summed E-state index contributed by atoms with van der Waals surface area (Å²) >= 11 is 9.13. The van der Waals surface area contributed by atoms with E-state index in [0.717, 1.165) is 3.93 Å². The van der Waals surface area contributed by atoms with Crippen LogP contribution in [0.4, 0.5) is 0 Å². The van der Waals surface area contributed by atoms with Gasteiger partial charge in [-0.3, -0.25) is 0 Å². The monoisotopic (exact) mass is 398 g/mol. The van der Waals surface area contributed by atoms with Crippen molar-refractivity contribution in [3.8, 4) is 0 Å². The zero-order chi connectivity index (χ0) is 5.49. The Morgan fingerprint density at radius 1 is 1.14 bits per heavy atom. The molecule has 1 fully saturated rings. The normalized spacial score (nSPS) is 22.7. The van der Waals surface area contributed by atoms with Crippen molar-refractivity contribution < 1.29 is 0 Å². The van der Waals surface area contributed by atoms with Gasteiger partial charge in [0.1, 0.15) is 0 Å². The molecule has 0 aliphatic heterocycles. The molecule has 0 atom stereocenters. The summed E-state index contributed by atoms with van der Waals surface area (Å²) in [5.74, 6) is 0. The molecule has 0 saturated heterocycles. The van der Waals surface area contributed by atoms with E-state index in [1.54, 1.807) is 0 Å². The molecule has 7 heavy (non-hydrogen) atoms. The second kappa shape index (κ2) is 2.46. The maximum absolute atomic E-state index is 3.65. The molecule has 0 heterocycles. The van der Waals surface area contributed by atoms with Crippen LogP contribution in [0.2, 0.25) is 3.93 Å². The van der Waals surface area contributed by atoms with Crippen LogP contribution >= 0.6 is 38.1 Å². The standard InChI is InChI=1S/C3H5.3BrH.Sn/c1-2-3-1;;;;/h1H,2-3H2;3*1H;/q;;;;+3/p-3. The second-order valence-electron chi connectivity index (χ2n) is 1.82. The van der Waals surface area contributed by atoms with Gasteiger partial charge in [0.2, 0.25) is 0 Å². The molecule has 4 heteroatoms. The fourth-order valence-corrected chi connectivity index (χ4v) is 12.0. The van der Waals surface area contributed by atoms with Crippen LogP contribution in [0.15, 0.2) is 0 Å². The fourth-order valence-electron chi connectivity index (χ4n) is 0.411. The van der Waals surface area contributed by atoms with Gasteiger partial charge in [-0.05, 0) is 0 Å². The summed E-state index contributed by atoms with van der Waals surface area (Å²) in [4.78, 5) is 0. The molecule has 0 amide bonds. The van der Waals surface area contributed by atoms with Crippen LogP contribution < -0.4 is 0 Å². The first-order valence-corrected chi connectivity index (χ1v) is 23.0. The fraction of sp³-hybridized carbons (Fsp3) is 1.00. The van der Waals surface area contributed by atoms with Gasteiger partial charge in [-0.1, -0.05) is 0 Å². The average molecular weight is 399 g/mol. The summed E-state index contributed by atoms with van der Waals surface area (Å²) in [7, 11) is 0. The quantitative estimate of drug-likeness (QED) is 0.594. The van der Waals surface area contributed by atoms with Gasteiger partial charge in [-0.25, -0.2) is 0 Å². The summed E-state index contributed by atoms with van der Waals surface area (Å²) in [6.45, 7) is 0. The molecule has 0 bridgehead atoms. The molecular formula is C3H5Br3Sn. The van der Waals surface area contributed by atoms with E-state index < -0.39 is 11.7 Å². The second-order valence-corrected chi connectivity index (χ2v) is 53.8. The molecule has 0 N–H and O–H groups in total. The minimum absolute atomic E-state index is 1.01. The van der Waals surface area contributed by atoms with Crippen molar-refractivity contribution in [2.75, 3.05) is 0 Å². The van der Waals surface area contributed by atoms with Crippen LogP contribution in [-0.4, -0.2) is 11.7 Å². The van der Waals surface area contributed by atoms with E-state index in [1.807, 2.05) is 0 Å². The third-order valence-corrected chi connectivity index (χ3v) is 18.4. The van der Waals surface area contributed by atoms with Crippen LogP contribution in [0.1, 0.15) is 12.8 Å². The van der Waals surface area contributed by atoms with E-state index in [9.17, 15) is 0 Å². The zero-order valence-corrected chi connectivity index (χ0v) is 11.2. The third-order valence-electron chi connectivity index (χ3n) is 1.04. The van der Waals surface area contributed by atoms with Crippen molar-refractivity contribution in [2.24, 2.45) is 0 Å². The van der Waals surface area contributed by atoms with E-state index in [1.165, 1.54) is 12.8 Å². The SMILES string of the molecule is [Br][Sn]([Br])([Br])[CH]1CC1. The zero-order valence-electron chi connectivity index (χ0n) is 3.63. The summed E-state index contributed by atoms with van der Waals surface area (Å²) < 4.78 is 1.01. The van der Waals surface area contributed by atoms with Crippen molar-refractivity contribution >= 4 is 49.8 Å². The topological polar surface area (TPSA) is 0 Å². The summed E-state index contributed by atoms with van der Waals surface area (Å²) in [6, 6.07) is 0. The van der Waals surface area contributed by atoms with Gasteiger partial charge in [0.25, 0.3) is 0 Å². The molecule has 1 aliphatic carbocycles. The number of halogens is 3. The van der Waals surface area contributed by atoms with Gasteiger partial charge in [0.15, 0.2) is 0 Å². The molecule has 0 spiro atoms. The summed E-state index contributed by atoms with van der Waals surface area (Å²) in [6.07, 6.45) is 2.86. The Bertz CT molecular complexity index is 72.7. The molecule has 1 saturated carbocycles. The third kappa shape index (κ3) is 2.54. The van der Waals surface area contributed by atoms with Crippen molar-refractivity contribution in [1.29, 1.82) is 0 Å². The Morgan fingerprint density at radius 3 is 1.57 bits per heavy atom. The van der Waals surface area contributed by atoms with E-state index in [0.29, 0.717) is 0 Å². The van der Waals surface area contributed by atoms with E-state index >= 15 is 0 Å². The van der Waals surface area contributed by atoms with Crippen LogP contribution in [0.25, 0.3) is 0 Å².